The predicted octanol–water partition coefficient (Wildman–Crippen LogP) is 3.54. The molecule has 3 aromatic rings. The number of nitrogens with one attached hydrogen (secondary N) is 2. The smallest absolute Gasteiger partial charge is 0.255 e. The first-order valence-corrected chi connectivity index (χ1v) is 13.1. The fourth-order valence-electron chi connectivity index (χ4n) is 5.55. The highest BCUT2D eigenvalue weighted by atomic mass is 19.1. The summed E-state index contributed by atoms with van der Waals surface area (Å²) in [6.45, 7) is 5.14. The molecule has 2 N–H and O–H groups in total. The number of fused-ring (bicyclic) bond motifs is 1. The minimum atomic E-state index is -0.404. The number of benzene rings is 1. The van der Waals surface area contributed by atoms with E-state index in [2.05, 4.69) is 20.3 Å². The van der Waals surface area contributed by atoms with E-state index in [4.69, 9.17) is 9.47 Å². The topological polar surface area (TPSA) is 109 Å². The molecule has 38 heavy (non-hydrogen) atoms. The Morgan fingerprint density at radius 2 is 2.03 bits per heavy atom. The summed E-state index contributed by atoms with van der Waals surface area (Å²) in [4.78, 5) is 39.9. The number of carbonyl (C=O) groups is 2. The molecule has 1 atom stereocenters. The molecule has 0 radical (unpaired) electrons. The molecular formula is C28H32FN5O4. The normalized spacial score (nSPS) is 19.8. The van der Waals surface area contributed by atoms with Crippen molar-refractivity contribution in [3.05, 3.63) is 41.1 Å². The van der Waals surface area contributed by atoms with Crippen molar-refractivity contribution in [2.45, 2.75) is 45.6 Å². The van der Waals surface area contributed by atoms with E-state index in [1.54, 1.807) is 30.9 Å². The Hall–Kier alpha value is -3.53. The third-order valence-corrected chi connectivity index (χ3v) is 8.17. The van der Waals surface area contributed by atoms with E-state index >= 15 is 4.39 Å². The molecule has 1 aromatic carbocycles. The standard InChI is InChI=1S/C28H32FN5O4/c1-15-4-7-18(38-11-17-5-6-17)22(23(15)29)25-26-24(30-14-31-25)21(16(2)32-26)27(36)33-19-10-34(20(35)12-37-3)13-28(19)8-9-28/h4,7,14,17,19,32H,5-6,8-13H2,1-3H3,(H,33,36)/t19-/m1/s1. The highest BCUT2D eigenvalue weighted by molar-refractivity contribution is 6.09. The van der Waals surface area contributed by atoms with E-state index in [1.807, 2.05) is 0 Å². The summed E-state index contributed by atoms with van der Waals surface area (Å²) in [6, 6.07) is 3.33. The van der Waals surface area contributed by atoms with E-state index in [-0.39, 0.29) is 35.4 Å². The number of aromatic nitrogens is 3. The van der Waals surface area contributed by atoms with Crippen LogP contribution in [0.15, 0.2) is 18.5 Å². The van der Waals surface area contributed by atoms with Crippen LogP contribution in [0.1, 0.15) is 47.3 Å². The van der Waals surface area contributed by atoms with Crippen LogP contribution >= 0.6 is 0 Å². The van der Waals surface area contributed by atoms with Gasteiger partial charge < -0.3 is 24.7 Å². The first-order valence-electron chi connectivity index (χ1n) is 13.1. The maximum absolute atomic E-state index is 15.5. The number of H-pyrrole nitrogens is 1. The molecule has 3 aliphatic rings. The molecule has 3 heterocycles. The number of hydrogen-bond acceptors (Lipinski definition) is 6. The summed E-state index contributed by atoms with van der Waals surface area (Å²) in [6.07, 6.45) is 5.53. The van der Waals surface area contributed by atoms with Gasteiger partial charge in [0.1, 0.15) is 35.7 Å². The Bertz CT molecular complexity index is 1430. The van der Waals surface area contributed by atoms with Crippen molar-refractivity contribution in [2.75, 3.05) is 33.4 Å². The molecule has 3 fully saturated rings. The molecule has 1 saturated heterocycles. The summed E-state index contributed by atoms with van der Waals surface area (Å²) in [7, 11) is 1.50. The van der Waals surface area contributed by atoms with Gasteiger partial charge in [-0.3, -0.25) is 9.59 Å². The second-order valence-corrected chi connectivity index (χ2v) is 11.0. The number of likely N-dealkylation sites (tertiary alicyclic amines) is 1. The van der Waals surface area contributed by atoms with Crippen molar-refractivity contribution in [3.63, 3.8) is 0 Å². The number of methoxy groups -OCH3 is 1. The zero-order chi connectivity index (χ0) is 26.6. The van der Waals surface area contributed by atoms with Crippen molar-refractivity contribution >= 4 is 22.8 Å². The van der Waals surface area contributed by atoms with Gasteiger partial charge in [0.25, 0.3) is 5.91 Å². The Morgan fingerprint density at radius 1 is 1.24 bits per heavy atom. The van der Waals surface area contributed by atoms with Crippen LogP contribution in [0.2, 0.25) is 0 Å². The summed E-state index contributed by atoms with van der Waals surface area (Å²) in [5.74, 6) is 0.188. The molecule has 0 bridgehead atoms. The number of rotatable bonds is 8. The fourth-order valence-corrected chi connectivity index (χ4v) is 5.55. The first-order chi connectivity index (χ1) is 18.3. The molecule has 200 valence electrons. The van der Waals surface area contributed by atoms with E-state index in [0.717, 1.165) is 25.7 Å². The monoisotopic (exact) mass is 521 g/mol. The highest BCUT2D eigenvalue weighted by Gasteiger charge is 2.56. The SMILES string of the molecule is COCC(=O)N1C[C@@H](NC(=O)c2c(C)[nH]c3c(-c4c(OCC5CC5)ccc(C)c4F)ncnc23)C2(CC2)C1. The third-order valence-electron chi connectivity index (χ3n) is 8.17. The van der Waals surface area contributed by atoms with Gasteiger partial charge in [-0.15, -0.1) is 0 Å². The summed E-state index contributed by atoms with van der Waals surface area (Å²) in [5, 5.41) is 3.17. The summed E-state index contributed by atoms with van der Waals surface area (Å²) >= 11 is 0. The Labute approximate surface area is 220 Å². The second-order valence-electron chi connectivity index (χ2n) is 11.0. The maximum atomic E-state index is 15.5. The average molecular weight is 522 g/mol. The molecule has 2 saturated carbocycles. The molecule has 2 aromatic heterocycles. The Kier molecular flexibility index (Phi) is 6.09. The van der Waals surface area contributed by atoms with E-state index in [9.17, 15) is 9.59 Å². The minimum Gasteiger partial charge on any atom is -0.492 e. The fraction of sp³-hybridized carbons (Fsp3) is 0.500. The lowest BCUT2D eigenvalue weighted by Gasteiger charge is -2.18. The van der Waals surface area contributed by atoms with Gasteiger partial charge >= 0.3 is 0 Å². The number of ether oxygens (including phenoxy) is 2. The number of aryl methyl sites for hydroxylation is 2. The third kappa shape index (κ3) is 4.30. The largest absolute Gasteiger partial charge is 0.492 e. The lowest BCUT2D eigenvalue weighted by atomic mass is 10.00. The van der Waals surface area contributed by atoms with Crippen LogP contribution in [-0.4, -0.2) is 71.1 Å². The van der Waals surface area contributed by atoms with Crippen LogP contribution in [0.25, 0.3) is 22.3 Å². The van der Waals surface area contributed by atoms with E-state index < -0.39 is 5.82 Å². The Morgan fingerprint density at radius 3 is 2.74 bits per heavy atom. The van der Waals surface area contributed by atoms with Crippen LogP contribution in [0.3, 0.4) is 0 Å². The van der Waals surface area contributed by atoms with Crippen LogP contribution in [-0.2, 0) is 9.53 Å². The second kappa shape index (κ2) is 9.34. The number of aromatic amines is 1. The van der Waals surface area contributed by atoms with E-state index in [0.29, 0.717) is 64.9 Å². The molecule has 2 amide bonds. The van der Waals surface area contributed by atoms with E-state index in [1.165, 1.54) is 13.4 Å². The van der Waals surface area contributed by atoms with Crippen molar-refractivity contribution < 1.29 is 23.5 Å². The zero-order valence-corrected chi connectivity index (χ0v) is 21.9. The molecule has 1 spiro atoms. The van der Waals surface area contributed by atoms with Crippen LogP contribution < -0.4 is 10.1 Å². The number of amides is 2. The predicted molar refractivity (Wildman–Crippen MR) is 138 cm³/mol. The number of nitrogens with zero attached hydrogens (tertiary/aromatic N) is 3. The maximum Gasteiger partial charge on any atom is 0.255 e. The zero-order valence-electron chi connectivity index (χ0n) is 21.9. The van der Waals surface area contributed by atoms with Gasteiger partial charge in [0.15, 0.2) is 0 Å². The lowest BCUT2D eigenvalue weighted by molar-refractivity contribution is -0.134. The Balaban J connectivity index is 1.32. The molecule has 2 aliphatic carbocycles. The van der Waals surface area contributed by atoms with Gasteiger partial charge in [0, 0.05) is 31.3 Å². The quantitative estimate of drug-likeness (QED) is 0.469. The van der Waals surface area contributed by atoms with Crippen molar-refractivity contribution in [1.82, 2.24) is 25.2 Å². The van der Waals surface area contributed by atoms with Gasteiger partial charge in [0.2, 0.25) is 5.91 Å². The average Bonchev–Trinajstić information content (AvgIpc) is 3.80. The van der Waals surface area contributed by atoms with Crippen LogP contribution in [0, 0.1) is 31.0 Å². The molecular weight excluding hydrogens is 489 g/mol. The van der Waals surface area contributed by atoms with Crippen molar-refractivity contribution in [2.24, 2.45) is 11.3 Å². The molecule has 1 aliphatic heterocycles. The summed E-state index contributed by atoms with van der Waals surface area (Å²) in [5.41, 5.74) is 2.95. The van der Waals surface area contributed by atoms with Crippen molar-refractivity contribution in [3.8, 4) is 17.0 Å². The molecule has 6 rings (SSSR count). The van der Waals surface area contributed by atoms with Gasteiger partial charge in [-0.2, -0.15) is 0 Å². The summed E-state index contributed by atoms with van der Waals surface area (Å²) < 4.78 is 26.6. The molecule has 9 nitrogen and oxygen atoms in total. The number of halogens is 1. The van der Waals surface area contributed by atoms with Crippen molar-refractivity contribution in [1.29, 1.82) is 0 Å². The first kappa shape index (κ1) is 24.8. The number of carbonyl (C=O) groups excluding carboxylic acids is 2. The molecule has 0 unspecified atom stereocenters. The lowest BCUT2D eigenvalue weighted by Crippen LogP contribution is -2.42. The van der Waals surface area contributed by atoms with Gasteiger partial charge in [-0.05, 0) is 57.1 Å². The highest BCUT2D eigenvalue weighted by Crippen LogP contribution is 2.53. The van der Waals surface area contributed by atoms with Gasteiger partial charge in [-0.25, -0.2) is 14.4 Å². The van der Waals surface area contributed by atoms with Gasteiger partial charge in [0.05, 0.1) is 29.3 Å². The van der Waals surface area contributed by atoms with Gasteiger partial charge in [-0.1, -0.05) is 6.07 Å². The number of hydrogen-bond donors (Lipinski definition) is 2. The minimum absolute atomic E-state index is 0.0277. The molecule has 10 heteroatoms. The van der Waals surface area contributed by atoms with Crippen LogP contribution in [0.5, 0.6) is 5.75 Å². The van der Waals surface area contributed by atoms with Crippen LogP contribution in [0.4, 0.5) is 4.39 Å².